The molecule has 0 spiro atoms. The number of amides is 1. The summed E-state index contributed by atoms with van der Waals surface area (Å²) in [6, 6.07) is -1.15. The SMILES string of the molecule is NCC1(CC(=O)N[C@@H](CCC(=O)O)C(=O)O)CCC1. The van der Waals surface area contributed by atoms with Gasteiger partial charge in [-0.1, -0.05) is 6.42 Å². The Balaban J connectivity index is 2.47. The quantitative estimate of drug-likeness (QED) is 0.489. The first-order chi connectivity index (χ1) is 8.88. The van der Waals surface area contributed by atoms with Gasteiger partial charge < -0.3 is 21.3 Å². The molecule has 7 nitrogen and oxygen atoms in total. The number of hydrogen-bond acceptors (Lipinski definition) is 4. The first kappa shape index (κ1) is 15.4. The minimum atomic E-state index is -1.22. The van der Waals surface area contributed by atoms with Crippen LogP contribution in [0, 0.1) is 5.41 Å². The number of carbonyl (C=O) groups is 3. The molecule has 0 bridgehead atoms. The van der Waals surface area contributed by atoms with Crippen LogP contribution in [0.3, 0.4) is 0 Å². The second-order valence-corrected chi connectivity index (χ2v) is 5.13. The second kappa shape index (κ2) is 6.51. The fourth-order valence-corrected chi connectivity index (χ4v) is 2.24. The summed E-state index contributed by atoms with van der Waals surface area (Å²) in [6.07, 6.45) is 2.59. The van der Waals surface area contributed by atoms with E-state index in [4.69, 9.17) is 15.9 Å². The topological polar surface area (TPSA) is 130 Å². The van der Waals surface area contributed by atoms with E-state index >= 15 is 0 Å². The largest absolute Gasteiger partial charge is 0.481 e. The first-order valence-electron chi connectivity index (χ1n) is 6.32. The lowest BCUT2D eigenvalue weighted by atomic mass is 9.66. The molecule has 1 amide bonds. The monoisotopic (exact) mass is 272 g/mol. The van der Waals surface area contributed by atoms with Crippen LogP contribution >= 0.6 is 0 Å². The molecule has 5 N–H and O–H groups in total. The van der Waals surface area contributed by atoms with Crippen LogP contribution in [0.15, 0.2) is 0 Å². The van der Waals surface area contributed by atoms with Gasteiger partial charge in [0.05, 0.1) is 0 Å². The smallest absolute Gasteiger partial charge is 0.326 e. The zero-order valence-electron chi connectivity index (χ0n) is 10.7. The van der Waals surface area contributed by atoms with Crippen molar-refractivity contribution in [3.8, 4) is 0 Å². The molecular formula is C12H20N2O5. The summed E-state index contributed by atoms with van der Waals surface area (Å²) >= 11 is 0. The highest BCUT2D eigenvalue weighted by atomic mass is 16.4. The summed E-state index contributed by atoms with van der Waals surface area (Å²) in [4.78, 5) is 33.1. The van der Waals surface area contributed by atoms with Gasteiger partial charge in [-0.05, 0) is 31.2 Å². The average molecular weight is 272 g/mol. The van der Waals surface area contributed by atoms with E-state index in [-0.39, 0.29) is 30.6 Å². The Morgan fingerprint density at radius 3 is 2.26 bits per heavy atom. The molecule has 1 aliphatic carbocycles. The van der Waals surface area contributed by atoms with Gasteiger partial charge in [0.15, 0.2) is 0 Å². The summed E-state index contributed by atoms with van der Waals surface area (Å²) in [5.74, 6) is -2.68. The van der Waals surface area contributed by atoms with Crippen LogP contribution in [0.25, 0.3) is 0 Å². The van der Waals surface area contributed by atoms with E-state index in [1.165, 1.54) is 0 Å². The second-order valence-electron chi connectivity index (χ2n) is 5.13. The molecule has 108 valence electrons. The maximum Gasteiger partial charge on any atom is 0.326 e. The number of hydrogen-bond donors (Lipinski definition) is 4. The van der Waals surface area contributed by atoms with Gasteiger partial charge in [0.1, 0.15) is 6.04 Å². The lowest BCUT2D eigenvalue weighted by Crippen LogP contribution is -2.46. The molecule has 0 aromatic heterocycles. The molecule has 1 saturated carbocycles. The third kappa shape index (κ3) is 4.51. The van der Waals surface area contributed by atoms with E-state index in [0.29, 0.717) is 6.54 Å². The molecule has 0 unspecified atom stereocenters. The molecular weight excluding hydrogens is 252 g/mol. The van der Waals surface area contributed by atoms with Crippen LogP contribution in [-0.4, -0.2) is 40.6 Å². The molecule has 0 aromatic carbocycles. The number of rotatable bonds is 8. The predicted octanol–water partition coefficient (Wildman–Crippen LogP) is -0.0603. The van der Waals surface area contributed by atoms with Crippen LogP contribution in [0.2, 0.25) is 0 Å². The summed E-state index contributed by atoms with van der Waals surface area (Å²) < 4.78 is 0. The molecule has 1 aliphatic rings. The van der Waals surface area contributed by atoms with Crippen LogP contribution in [0.4, 0.5) is 0 Å². The molecule has 0 heterocycles. The van der Waals surface area contributed by atoms with Gasteiger partial charge in [0.2, 0.25) is 5.91 Å². The van der Waals surface area contributed by atoms with Crippen LogP contribution in [0.1, 0.15) is 38.5 Å². The minimum absolute atomic E-state index is 0.119. The number of aliphatic carboxylic acids is 2. The molecule has 19 heavy (non-hydrogen) atoms. The average Bonchev–Trinajstić information content (AvgIpc) is 2.28. The zero-order valence-corrected chi connectivity index (χ0v) is 10.7. The van der Waals surface area contributed by atoms with Crippen molar-refractivity contribution in [2.45, 2.75) is 44.6 Å². The molecule has 7 heteroatoms. The van der Waals surface area contributed by atoms with Crippen molar-refractivity contribution in [3.05, 3.63) is 0 Å². The van der Waals surface area contributed by atoms with Crippen LogP contribution in [-0.2, 0) is 14.4 Å². The molecule has 0 aliphatic heterocycles. The summed E-state index contributed by atoms with van der Waals surface area (Å²) in [5, 5.41) is 19.8. The Kier molecular flexibility index (Phi) is 5.29. The molecule has 0 saturated heterocycles. The number of carboxylic acid groups (broad SMARTS) is 2. The third-order valence-corrected chi connectivity index (χ3v) is 3.66. The lowest BCUT2D eigenvalue weighted by Gasteiger charge is -2.40. The first-order valence-corrected chi connectivity index (χ1v) is 6.32. The number of nitrogens with one attached hydrogen (secondary N) is 1. The fraction of sp³-hybridized carbons (Fsp3) is 0.750. The van der Waals surface area contributed by atoms with E-state index in [9.17, 15) is 14.4 Å². The minimum Gasteiger partial charge on any atom is -0.481 e. The van der Waals surface area contributed by atoms with Gasteiger partial charge in [0, 0.05) is 12.8 Å². The molecule has 1 atom stereocenters. The predicted molar refractivity (Wildman–Crippen MR) is 66.4 cm³/mol. The van der Waals surface area contributed by atoms with Gasteiger partial charge in [-0.25, -0.2) is 4.79 Å². The van der Waals surface area contributed by atoms with E-state index in [0.717, 1.165) is 19.3 Å². The Morgan fingerprint density at radius 2 is 1.89 bits per heavy atom. The van der Waals surface area contributed by atoms with Crippen molar-refractivity contribution in [1.29, 1.82) is 0 Å². The standard InChI is InChI=1S/C12H20N2O5/c13-7-12(4-1-5-12)6-9(15)14-8(11(18)19)2-3-10(16)17/h8H,1-7,13H2,(H,14,15)(H,16,17)(H,18,19)/t8-/m0/s1. The summed E-state index contributed by atoms with van der Waals surface area (Å²) in [6.45, 7) is 0.410. The molecule has 1 fully saturated rings. The highest BCUT2D eigenvalue weighted by Gasteiger charge is 2.38. The van der Waals surface area contributed by atoms with E-state index in [1.54, 1.807) is 0 Å². The van der Waals surface area contributed by atoms with Crippen LogP contribution < -0.4 is 11.1 Å². The van der Waals surface area contributed by atoms with Gasteiger partial charge in [-0.3, -0.25) is 9.59 Å². The van der Waals surface area contributed by atoms with Crippen molar-refractivity contribution in [1.82, 2.24) is 5.32 Å². The fourth-order valence-electron chi connectivity index (χ4n) is 2.24. The highest BCUT2D eigenvalue weighted by Crippen LogP contribution is 2.42. The van der Waals surface area contributed by atoms with Crippen molar-refractivity contribution in [2.75, 3.05) is 6.54 Å². The summed E-state index contributed by atoms with van der Waals surface area (Å²) in [7, 11) is 0. The maximum atomic E-state index is 11.8. The van der Waals surface area contributed by atoms with E-state index in [1.807, 2.05) is 0 Å². The normalized spacial score (nSPS) is 18.2. The van der Waals surface area contributed by atoms with Crippen molar-refractivity contribution < 1.29 is 24.6 Å². The van der Waals surface area contributed by atoms with E-state index < -0.39 is 18.0 Å². The van der Waals surface area contributed by atoms with Crippen molar-refractivity contribution in [2.24, 2.45) is 11.1 Å². The Bertz CT molecular complexity index is 360. The van der Waals surface area contributed by atoms with Gasteiger partial charge >= 0.3 is 11.9 Å². The third-order valence-electron chi connectivity index (χ3n) is 3.66. The van der Waals surface area contributed by atoms with Crippen molar-refractivity contribution in [3.63, 3.8) is 0 Å². The number of nitrogens with two attached hydrogens (primary N) is 1. The molecule has 0 aromatic rings. The lowest BCUT2D eigenvalue weighted by molar-refractivity contribution is -0.143. The maximum absolute atomic E-state index is 11.8. The van der Waals surface area contributed by atoms with Gasteiger partial charge in [-0.2, -0.15) is 0 Å². The van der Waals surface area contributed by atoms with Gasteiger partial charge in [-0.15, -0.1) is 0 Å². The Labute approximate surface area is 111 Å². The zero-order chi connectivity index (χ0) is 14.5. The number of carbonyl (C=O) groups excluding carboxylic acids is 1. The Morgan fingerprint density at radius 1 is 1.26 bits per heavy atom. The van der Waals surface area contributed by atoms with E-state index in [2.05, 4.69) is 5.32 Å². The Hall–Kier alpha value is -1.63. The number of carboxylic acids is 2. The summed E-state index contributed by atoms with van der Waals surface area (Å²) in [5.41, 5.74) is 5.44. The van der Waals surface area contributed by atoms with Crippen LogP contribution in [0.5, 0.6) is 0 Å². The highest BCUT2D eigenvalue weighted by molar-refractivity contribution is 5.84. The van der Waals surface area contributed by atoms with Crippen molar-refractivity contribution >= 4 is 17.8 Å². The van der Waals surface area contributed by atoms with Gasteiger partial charge in [0.25, 0.3) is 0 Å². The molecule has 0 radical (unpaired) electrons. The molecule has 1 rings (SSSR count).